The molecule has 44 heavy (non-hydrogen) atoms. The molecule has 0 aromatic heterocycles. The van der Waals surface area contributed by atoms with Gasteiger partial charge in [-0.3, -0.25) is 9.59 Å². The van der Waals surface area contributed by atoms with Gasteiger partial charge in [0.05, 0.1) is 0 Å². The summed E-state index contributed by atoms with van der Waals surface area (Å²) >= 11 is 0. The second kappa shape index (κ2) is 17.3. The lowest BCUT2D eigenvalue weighted by atomic mass is 9.95. The van der Waals surface area contributed by atoms with E-state index in [1.165, 1.54) is 12.1 Å². The van der Waals surface area contributed by atoms with Crippen LogP contribution < -0.4 is 10.6 Å². The SMILES string of the molecule is C#Cc1ccc(C(C(=O)NCCCCC)N(C(=O)C(Cc2ccc(O)cc2)NC(=O)OC(C)(C)C)C(C)CCC(C)C)cc1. The lowest BCUT2D eigenvalue weighted by molar-refractivity contribution is -0.145. The first kappa shape index (κ1) is 36.2. The first-order valence-corrected chi connectivity index (χ1v) is 15.7. The van der Waals surface area contributed by atoms with Gasteiger partial charge in [-0.05, 0) is 88.3 Å². The molecule has 8 heteroatoms. The normalized spacial score (nSPS) is 13.3. The van der Waals surface area contributed by atoms with E-state index in [9.17, 15) is 19.5 Å². The predicted octanol–water partition coefficient (Wildman–Crippen LogP) is 6.51. The number of aromatic hydroxyl groups is 1. The minimum absolute atomic E-state index is 0.0934. The smallest absolute Gasteiger partial charge is 0.408 e. The second-order valence-corrected chi connectivity index (χ2v) is 12.8. The number of amides is 3. The summed E-state index contributed by atoms with van der Waals surface area (Å²) in [5.41, 5.74) is 1.24. The first-order valence-electron chi connectivity index (χ1n) is 15.7. The van der Waals surface area contributed by atoms with Crippen LogP contribution in [0.15, 0.2) is 48.5 Å². The zero-order valence-electron chi connectivity index (χ0n) is 27.5. The Hall–Kier alpha value is -3.99. The Morgan fingerprint density at radius 2 is 1.61 bits per heavy atom. The van der Waals surface area contributed by atoms with Gasteiger partial charge in [0.25, 0.3) is 0 Å². The zero-order valence-corrected chi connectivity index (χ0v) is 27.5. The Morgan fingerprint density at radius 3 is 2.16 bits per heavy atom. The molecule has 0 spiro atoms. The number of benzene rings is 2. The second-order valence-electron chi connectivity index (χ2n) is 12.8. The summed E-state index contributed by atoms with van der Waals surface area (Å²) < 4.78 is 5.53. The van der Waals surface area contributed by atoms with Crippen LogP contribution in [0.4, 0.5) is 4.79 Å². The third-order valence-corrected chi connectivity index (χ3v) is 7.26. The number of carbonyl (C=O) groups excluding carboxylic acids is 3. The quantitative estimate of drug-likeness (QED) is 0.158. The van der Waals surface area contributed by atoms with Crippen LogP contribution in [0.1, 0.15) is 103 Å². The molecular formula is C36H51N3O5. The Morgan fingerprint density at radius 1 is 0.977 bits per heavy atom. The van der Waals surface area contributed by atoms with Crippen molar-refractivity contribution in [1.82, 2.24) is 15.5 Å². The molecule has 0 aliphatic carbocycles. The highest BCUT2D eigenvalue weighted by molar-refractivity contribution is 5.92. The number of terminal acetylenes is 1. The average molecular weight is 606 g/mol. The molecule has 0 aliphatic rings. The number of alkyl carbamates (subject to hydrolysis) is 1. The molecule has 0 radical (unpaired) electrons. The number of phenols is 1. The van der Waals surface area contributed by atoms with Gasteiger partial charge in [0, 0.05) is 24.6 Å². The molecule has 3 unspecified atom stereocenters. The van der Waals surface area contributed by atoms with E-state index in [1.54, 1.807) is 62.1 Å². The van der Waals surface area contributed by atoms with E-state index in [-0.39, 0.29) is 24.1 Å². The molecule has 0 saturated carbocycles. The summed E-state index contributed by atoms with van der Waals surface area (Å²) in [4.78, 5) is 43.4. The van der Waals surface area contributed by atoms with E-state index in [0.717, 1.165) is 31.2 Å². The van der Waals surface area contributed by atoms with Crippen molar-refractivity contribution in [2.75, 3.05) is 6.54 Å². The molecule has 0 aliphatic heterocycles. The summed E-state index contributed by atoms with van der Waals surface area (Å²) in [6, 6.07) is 11.2. The number of rotatable bonds is 15. The van der Waals surface area contributed by atoms with Crippen molar-refractivity contribution in [3.05, 3.63) is 65.2 Å². The number of hydrogen-bond acceptors (Lipinski definition) is 5. The van der Waals surface area contributed by atoms with E-state index < -0.39 is 29.7 Å². The molecule has 0 bridgehead atoms. The maximum atomic E-state index is 14.7. The number of nitrogens with zero attached hydrogens (tertiary/aromatic N) is 1. The maximum Gasteiger partial charge on any atom is 0.408 e. The molecule has 3 atom stereocenters. The van der Waals surface area contributed by atoms with Crippen molar-refractivity contribution in [2.45, 2.75) is 111 Å². The molecule has 2 aromatic carbocycles. The van der Waals surface area contributed by atoms with Crippen molar-refractivity contribution >= 4 is 17.9 Å². The molecule has 2 rings (SSSR count). The number of carbonyl (C=O) groups is 3. The fourth-order valence-electron chi connectivity index (χ4n) is 4.89. The Bertz CT molecular complexity index is 1240. The minimum Gasteiger partial charge on any atom is -0.508 e. The zero-order chi connectivity index (χ0) is 32.9. The minimum atomic E-state index is -1.05. The summed E-state index contributed by atoms with van der Waals surface area (Å²) in [7, 11) is 0. The molecule has 2 aromatic rings. The molecule has 8 nitrogen and oxygen atoms in total. The van der Waals surface area contributed by atoms with Crippen LogP contribution in [0.5, 0.6) is 5.75 Å². The van der Waals surface area contributed by atoms with Crippen molar-refractivity contribution in [2.24, 2.45) is 5.92 Å². The molecule has 0 fully saturated rings. The predicted molar refractivity (Wildman–Crippen MR) is 175 cm³/mol. The lowest BCUT2D eigenvalue weighted by Gasteiger charge is -2.39. The van der Waals surface area contributed by atoms with Gasteiger partial charge in [-0.2, -0.15) is 0 Å². The standard InChI is InChI=1S/C36H51N3O5/c1-9-11-12-23-37-33(41)32(29-19-15-27(10-2)16-20-29)39(26(5)14-13-25(3)4)34(42)31(38-35(43)44-36(6,7)8)24-28-17-21-30(40)22-18-28/h2,15-22,25-26,31-32,40H,9,11-14,23-24H2,1,3-8H3,(H,37,41)(H,38,43). The third-order valence-electron chi connectivity index (χ3n) is 7.26. The van der Waals surface area contributed by atoms with Crippen molar-refractivity contribution in [1.29, 1.82) is 0 Å². The average Bonchev–Trinajstić information content (AvgIpc) is 2.96. The number of hydrogen-bond donors (Lipinski definition) is 3. The van der Waals surface area contributed by atoms with E-state index >= 15 is 0 Å². The molecule has 0 heterocycles. The topological polar surface area (TPSA) is 108 Å². The number of unbranched alkanes of at least 4 members (excludes halogenated alkanes) is 2. The number of nitrogens with one attached hydrogen (secondary N) is 2. The monoisotopic (exact) mass is 605 g/mol. The highest BCUT2D eigenvalue weighted by Crippen LogP contribution is 2.28. The van der Waals surface area contributed by atoms with Crippen LogP contribution in [0, 0.1) is 18.3 Å². The van der Waals surface area contributed by atoms with Gasteiger partial charge in [0.2, 0.25) is 11.8 Å². The molecule has 240 valence electrons. The highest BCUT2D eigenvalue weighted by Gasteiger charge is 2.39. The van der Waals surface area contributed by atoms with Crippen LogP contribution in [0.25, 0.3) is 0 Å². The Kier molecular flexibility index (Phi) is 14.3. The molecule has 0 saturated heterocycles. The lowest BCUT2D eigenvalue weighted by Crippen LogP contribution is -2.56. The van der Waals surface area contributed by atoms with E-state index in [2.05, 4.69) is 37.3 Å². The van der Waals surface area contributed by atoms with Gasteiger partial charge in [0.15, 0.2) is 0 Å². The van der Waals surface area contributed by atoms with Crippen molar-refractivity contribution in [3.63, 3.8) is 0 Å². The molecule has 3 amide bonds. The number of ether oxygens (including phenoxy) is 1. The Balaban J connectivity index is 2.63. The summed E-state index contributed by atoms with van der Waals surface area (Å²) in [5, 5.41) is 15.7. The van der Waals surface area contributed by atoms with Gasteiger partial charge in [-0.1, -0.05) is 63.8 Å². The van der Waals surface area contributed by atoms with Crippen LogP contribution in [0.3, 0.4) is 0 Å². The van der Waals surface area contributed by atoms with Gasteiger partial charge < -0.3 is 25.4 Å². The van der Waals surface area contributed by atoms with Crippen LogP contribution in [0.2, 0.25) is 0 Å². The fraction of sp³-hybridized carbons (Fsp3) is 0.528. The highest BCUT2D eigenvalue weighted by atomic mass is 16.6. The summed E-state index contributed by atoms with van der Waals surface area (Å²) in [6.07, 6.45) is 9.32. The van der Waals surface area contributed by atoms with E-state index in [4.69, 9.17) is 11.2 Å². The van der Waals surface area contributed by atoms with Crippen molar-refractivity contribution < 1.29 is 24.2 Å². The summed E-state index contributed by atoms with van der Waals surface area (Å²) in [6.45, 7) is 14.0. The molecule has 3 N–H and O–H groups in total. The third kappa shape index (κ3) is 11.9. The van der Waals surface area contributed by atoms with E-state index in [1.807, 2.05) is 6.92 Å². The maximum absolute atomic E-state index is 14.7. The van der Waals surface area contributed by atoms with Gasteiger partial charge >= 0.3 is 6.09 Å². The van der Waals surface area contributed by atoms with Gasteiger partial charge in [-0.15, -0.1) is 6.42 Å². The van der Waals surface area contributed by atoms with Gasteiger partial charge in [-0.25, -0.2) is 4.79 Å². The van der Waals surface area contributed by atoms with E-state index in [0.29, 0.717) is 30.0 Å². The van der Waals surface area contributed by atoms with Crippen LogP contribution >= 0.6 is 0 Å². The molecular weight excluding hydrogens is 554 g/mol. The fourth-order valence-corrected chi connectivity index (χ4v) is 4.89. The summed E-state index contributed by atoms with van der Waals surface area (Å²) in [5.74, 6) is 2.39. The van der Waals surface area contributed by atoms with Crippen LogP contribution in [-0.2, 0) is 20.7 Å². The van der Waals surface area contributed by atoms with Gasteiger partial charge in [0.1, 0.15) is 23.4 Å². The van der Waals surface area contributed by atoms with Crippen molar-refractivity contribution in [3.8, 4) is 18.1 Å². The number of phenolic OH excluding ortho intramolecular Hbond substituents is 1. The first-order chi connectivity index (χ1) is 20.7. The Labute approximate surface area is 263 Å². The van der Waals surface area contributed by atoms with Crippen LogP contribution in [-0.4, -0.2) is 52.1 Å². The largest absolute Gasteiger partial charge is 0.508 e.